The van der Waals surface area contributed by atoms with Crippen LogP contribution in [0.1, 0.15) is 5.69 Å². The average molecular weight is 260 g/mol. The Hall–Kier alpha value is -1.73. The summed E-state index contributed by atoms with van der Waals surface area (Å²) < 4.78 is 0.754. The second-order valence-corrected chi connectivity index (χ2v) is 3.68. The fraction of sp³-hybridized carbons (Fsp3) is 0. The molecule has 0 aliphatic carbocycles. The first kappa shape index (κ1) is 9.81. The topological polar surface area (TPSA) is 49.6 Å². The van der Waals surface area contributed by atoms with Gasteiger partial charge in [-0.05, 0) is 40.2 Å². The third-order valence-electron chi connectivity index (χ3n) is 1.84. The number of rotatable bonds is 1. The van der Waals surface area contributed by atoms with Crippen LogP contribution >= 0.6 is 15.9 Å². The molecule has 3 nitrogen and oxygen atoms in total. The first-order chi connectivity index (χ1) is 7.29. The van der Waals surface area contributed by atoms with Gasteiger partial charge in [0.15, 0.2) is 0 Å². The second kappa shape index (κ2) is 4.20. The average Bonchev–Trinajstić information content (AvgIpc) is 2.29. The summed E-state index contributed by atoms with van der Waals surface area (Å²) in [7, 11) is 0. The normalized spacial score (nSPS) is 9.60. The van der Waals surface area contributed by atoms with Crippen molar-refractivity contribution in [1.82, 2.24) is 9.97 Å². The summed E-state index contributed by atoms with van der Waals surface area (Å²) >= 11 is 3.29. The third kappa shape index (κ3) is 2.20. The van der Waals surface area contributed by atoms with Crippen molar-refractivity contribution < 1.29 is 0 Å². The maximum Gasteiger partial charge on any atom is 0.141 e. The number of nitriles is 1. The fourth-order valence-corrected chi connectivity index (χ4v) is 1.53. The molecule has 72 valence electrons. The molecule has 0 aliphatic rings. The van der Waals surface area contributed by atoms with Crippen molar-refractivity contribution >= 4 is 15.9 Å². The quantitative estimate of drug-likeness (QED) is 0.741. The van der Waals surface area contributed by atoms with Gasteiger partial charge in [-0.2, -0.15) is 5.26 Å². The van der Waals surface area contributed by atoms with Gasteiger partial charge in [-0.15, -0.1) is 0 Å². The zero-order valence-electron chi connectivity index (χ0n) is 7.68. The first-order valence-corrected chi connectivity index (χ1v) is 5.09. The van der Waals surface area contributed by atoms with Crippen molar-refractivity contribution in [2.75, 3.05) is 0 Å². The maximum atomic E-state index is 8.72. The Morgan fingerprint density at radius 2 is 1.67 bits per heavy atom. The zero-order chi connectivity index (χ0) is 10.7. The molecule has 15 heavy (non-hydrogen) atoms. The van der Waals surface area contributed by atoms with E-state index in [1.54, 1.807) is 12.1 Å². The minimum absolute atomic E-state index is 0.397. The van der Waals surface area contributed by atoms with Gasteiger partial charge in [0, 0.05) is 0 Å². The third-order valence-corrected chi connectivity index (χ3v) is 2.28. The van der Waals surface area contributed by atoms with Gasteiger partial charge in [-0.3, -0.25) is 0 Å². The molecular weight excluding hydrogens is 254 g/mol. The Morgan fingerprint density at radius 1 is 1.00 bits per heavy atom. The largest absolute Gasteiger partial charge is 0.239 e. The Bertz CT molecular complexity index is 531. The van der Waals surface area contributed by atoms with Crippen LogP contribution in [0.4, 0.5) is 0 Å². The lowest BCUT2D eigenvalue weighted by molar-refractivity contribution is 1.20. The van der Waals surface area contributed by atoms with Crippen LogP contribution in [0.5, 0.6) is 0 Å². The van der Waals surface area contributed by atoms with Gasteiger partial charge < -0.3 is 0 Å². The molecular formula is C11H6BrN3. The van der Waals surface area contributed by atoms with Crippen LogP contribution in [0.2, 0.25) is 0 Å². The van der Waals surface area contributed by atoms with Gasteiger partial charge in [0.1, 0.15) is 16.4 Å². The van der Waals surface area contributed by atoms with E-state index >= 15 is 0 Å². The Labute approximate surface area is 95.6 Å². The number of nitrogens with zero attached hydrogens (tertiary/aromatic N) is 3. The van der Waals surface area contributed by atoms with Crippen molar-refractivity contribution in [1.29, 1.82) is 5.26 Å². The Balaban J connectivity index is 2.50. The number of hydrogen-bond acceptors (Lipinski definition) is 3. The molecule has 0 fully saturated rings. The molecule has 0 spiro atoms. The van der Waals surface area contributed by atoms with E-state index in [1.165, 1.54) is 0 Å². The lowest BCUT2D eigenvalue weighted by Gasteiger charge is -2.00. The van der Waals surface area contributed by atoms with E-state index in [2.05, 4.69) is 25.9 Å². The van der Waals surface area contributed by atoms with Gasteiger partial charge in [-0.1, -0.05) is 12.1 Å². The van der Waals surface area contributed by atoms with Crippen molar-refractivity contribution in [3.63, 3.8) is 0 Å². The van der Waals surface area contributed by atoms with Crippen molar-refractivity contribution in [2.24, 2.45) is 0 Å². The van der Waals surface area contributed by atoms with Gasteiger partial charge in [-0.25, -0.2) is 9.97 Å². The van der Waals surface area contributed by atoms with Crippen LogP contribution in [0.15, 0.2) is 41.0 Å². The highest BCUT2D eigenvalue weighted by atomic mass is 79.9. The van der Waals surface area contributed by atoms with Crippen molar-refractivity contribution in [3.8, 4) is 17.5 Å². The SMILES string of the molecule is N#Cc1cccc(-c2cccc(Br)n2)n1. The van der Waals surface area contributed by atoms with Crippen LogP contribution in [0.3, 0.4) is 0 Å². The lowest BCUT2D eigenvalue weighted by atomic mass is 10.2. The number of hydrogen-bond donors (Lipinski definition) is 0. The molecule has 2 aromatic rings. The molecule has 0 N–H and O–H groups in total. The van der Waals surface area contributed by atoms with E-state index in [1.807, 2.05) is 30.3 Å². The predicted molar refractivity (Wildman–Crippen MR) is 59.9 cm³/mol. The summed E-state index contributed by atoms with van der Waals surface area (Å²) in [5.74, 6) is 0. The van der Waals surface area contributed by atoms with Crippen LogP contribution in [-0.2, 0) is 0 Å². The molecule has 0 saturated carbocycles. The zero-order valence-corrected chi connectivity index (χ0v) is 9.27. The summed E-state index contributed by atoms with van der Waals surface area (Å²) in [5, 5.41) is 8.72. The maximum absolute atomic E-state index is 8.72. The van der Waals surface area contributed by atoms with E-state index in [0.29, 0.717) is 11.4 Å². The Morgan fingerprint density at radius 3 is 2.33 bits per heavy atom. The molecule has 0 radical (unpaired) electrons. The van der Waals surface area contributed by atoms with E-state index in [9.17, 15) is 0 Å². The molecule has 4 heteroatoms. The van der Waals surface area contributed by atoms with E-state index in [-0.39, 0.29) is 0 Å². The van der Waals surface area contributed by atoms with Crippen LogP contribution in [0, 0.1) is 11.3 Å². The predicted octanol–water partition coefficient (Wildman–Crippen LogP) is 2.78. The van der Waals surface area contributed by atoms with Crippen LogP contribution in [-0.4, -0.2) is 9.97 Å². The van der Waals surface area contributed by atoms with Crippen molar-refractivity contribution in [3.05, 3.63) is 46.7 Å². The highest BCUT2D eigenvalue weighted by Gasteiger charge is 2.02. The molecule has 0 atom stereocenters. The smallest absolute Gasteiger partial charge is 0.141 e. The highest BCUT2D eigenvalue weighted by molar-refractivity contribution is 9.10. The summed E-state index contributed by atoms with van der Waals surface area (Å²) in [6.45, 7) is 0. The van der Waals surface area contributed by atoms with Gasteiger partial charge in [0.25, 0.3) is 0 Å². The standard InChI is InChI=1S/C11H6BrN3/c12-11-6-2-5-10(15-11)9-4-1-3-8(7-13)14-9/h1-6H. The molecule has 0 amide bonds. The van der Waals surface area contributed by atoms with E-state index in [0.717, 1.165) is 10.3 Å². The van der Waals surface area contributed by atoms with Crippen LogP contribution < -0.4 is 0 Å². The molecule has 2 aromatic heterocycles. The summed E-state index contributed by atoms with van der Waals surface area (Å²) in [4.78, 5) is 8.42. The van der Waals surface area contributed by atoms with Gasteiger partial charge in [0.05, 0.1) is 11.4 Å². The van der Waals surface area contributed by atoms with Gasteiger partial charge >= 0.3 is 0 Å². The van der Waals surface area contributed by atoms with Gasteiger partial charge in [0.2, 0.25) is 0 Å². The molecule has 0 unspecified atom stereocenters. The van der Waals surface area contributed by atoms with Crippen molar-refractivity contribution in [2.45, 2.75) is 0 Å². The molecule has 0 bridgehead atoms. The molecule has 2 rings (SSSR count). The van der Waals surface area contributed by atoms with Crippen LogP contribution in [0.25, 0.3) is 11.4 Å². The highest BCUT2D eigenvalue weighted by Crippen LogP contribution is 2.16. The number of aromatic nitrogens is 2. The minimum atomic E-state index is 0.397. The summed E-state index contributed by atoms with van der Waals surface area (Å²) in [6, 6.07) is 12.9. The fourth-order valence-electron chi connectivity index (χ4n) is 1.19. The van der Waals surface area contributed by atoms with E-state index < -0.39 is 0 Å². The first-order valence-electron chi connectivity index (χ1n) is 4.30. The molecule has 0 aromatic carbocycles. The Kier molecular flexibility index (Phi) is 2.75. The second-order valence-electron chi connectivity index (χ2n) is 2.87. The monoisotopic (exact) mass is 259 g/mol. The molecule has 0 saturated heterocycles. The summed E-state index contributed by atoms with van der Waals surface area (Å²) in [6.07, 6.45) is 0. The summed E-state index contributed by atoms with van der Waals surface area (Å²) in [5.41, 5.74) is 1.85. The molecule has 0 aliphatic heterocycles. The minimum Gasteiger partial charge on any atom is -0.239 e. The number of pyridine rings is 2. The lowest BCUT2D eigenvalue weighted by Crippen LogP contribution is -1.89. The number of halogens is 1. The molecule has 2 heterocycles. The van der Waals surface area contributed by atoms with E-state index in [4.69, 9.17) is 5.26 Å².